The maximum absolute atomic E-state index is 12.8. The van der Waals surface area contributed by atoms with Crippen molar-refractivity contribution in [3.63, 3.8) is 0 Å². The molecule has 7 N–H and O–H groups in total. The lowest BCUT2D eigenvalue weighted by atomic mass is 10.1. The molecule has 560 valence electrons. The summed E-state index contributed by atoms with van der Waals surface area (Å²) in [6.45, 7) is 25.7. The molecule has 12 rings (SSSR count). The molecule has 0 saturated carbocycles. The number of para-hydroxylation sites is 3. The van der Waals surface area contributed by atoms with Gasteiger partial charge in [-0.2, -0.15) is 0 Å². The SMILES string of the molecule is CCOC(=O)CN1CCN(Cc2ccccc2CS(=O)(=O)c2ccccc2)CC1.CCOC(=O)CN1CCN(c2ccccc2)CC1.NNC(=O)CN1CCN(Cc2ccccc2CS(=O)(=O)c2ccccc2)CC1.NNC(=O)CN1CCN(c2ccccc2)CC1.c1ccc(N2CCNCC2)cc1. The zero-order valence-electron chi connectivity index (χ0n) is 60.3. The van der Waals surface area contributed by atoms with Gasteiger partial charge in [-0.1, -0.05) is 140 Å². The Morgan fingerprint density at radius 1 is 0.346 bits per heavy atom. The highest BCUT2D eigenvalue weighted by Gasteiger charge is 2.26. The van der Waals surface area contributed by atoms with E-state index in [-0.39, 0.29) is 35.3 Å². The Morgan fingerprint density at radius 3 is 0.913 bits per heavy atom. The molecule has 7 aromatic rings. The fourth-order valence-electron chi connectivity index (χ4n) is 12.7. The molecule has 2 amide bonds. The fourth-order valence-corrected chi connectivity index (χ4v) is 15.5. The van der Waals surface area contributed by atoms with Crippen LogP contribution < -0.4 is 42.6 Å². The highest BCUT2D eigenvalue weighted by molar-refractivity contribution is 7.91. The average Bonchev–Trinajstić information content (AvgIpc) is 0.826. The van der Waals surface area contributed by atoms with Crippen LogP contribution in [0.5, 0.6) is 0 Å². The maximum atomic E-state index is 12.8. The van der Waals surface area contributed by atoms with Crippen LogP contribution in [0.4, 0.5) is 17.1 Å². The summed E-state index contributed by atoms with van der Waals surface area (Å²) in [5.41, 5.74) is 11.9. The minimum absolute atomic E-state index is 0.00396. The number of hydrazine groups is 2. The number of hydrogen-bond donors (Lipinski definition) is 5. The lowest BCUT2D eigenvalue weighted by Crippen LogP contribution is -2.50. The first-order valence-electron chi connectivity index (χ1n) is 35.9. The number of rotatable bonds is 23. The van der Waals surface area contributed by atoms with Crippen LogP contribution in [0.15, 0.2) is 210 Å². The van der Waals surface area contributed by atoms with Gasteiger partial charge in [-0.25, -0.2) is 28.5 Å². The fraction of sp³-hybridized carbons (Fsp3) is 0.410. The third-order valence-corrected chi connectivity index (χ3v) is 21.8. The van der Waals surface area contributed by atoms with Gasteiger partial charge in [-0.3, -0.25) is 59.4 Å². The Kier molecular flexibility index (Phi) is 34.0. The van der Waals surface area contributed by atoms with Gasteiger partial charge in [0, 0.05) is 161 Å². The number of esters is 2. The van der Waals surface area contributed by atoms with Crippen molar-refractivity contribution in [2.24, 2.45) is 11.7 Å². The summed E-state index contributed by atoms with van der Waals surface area (Å²) >= 11 is 0. The summed E-state index contributed by atoms with van der Waals surface area (Å²) in [4.78, 5) is 66.4. The van der Waals surface area contributed by atoms with Crippen LogP contribution in [0.2, 0.25) is 0 Å². The summed E-state index contributed by atoms with van der Waals surface area (Å²) in [5, 5.41) is 3.34. The number of amides is 2. The van der Waals surface area contributed by atoms with E-state index in [1.807, 2.05) is 98.8 Å². The van der Waals surface area contributed by atoms with Gasteiger partial charge in [0.2, 0.25) is 11.8 Å². The molecule has 24 nitrogen and oxygen atoms in total. The minimum Gasteiger partial charge on any atom is -0.465 e. The van der Waals surface area contributed by atoms with Gasteiger partial charge >= 0.3 is 11.9 Å². The molecule has 0 radical (unpaired) electrons. The Balaban J connectivity index is 0.000000170. The molecule has 7 aromatic carbocycles. The quantitative estimate of drug-likeness (QED) is 0.0233. The van der Waals surface area contributed by atoms with Crippen LogP contribution in [-0.2, 0) is 72.9 Å². The van der Waals surface area contributed by atoms with E-state index in [0.717, 1.165) is 153 Å². The van der Waals surface area contributed by atoms with Crippen molar-refractivity contribution >= 4 is 60.5 Å². The topological polar surface area (TPSA) is 272 Å². The van der Waals surface area contributed by atoms with Crippen molar-refractivity contribution in [3.8, 4) is 0 Å². The molecule has 5 fully saturated rings. The lowest BCUT2D eigenvalue weighted by Gasteiger charge is -2.35. The first-order chi connectivity index (χ1) is 50.5. The lowest BCUT2D eigenvalue weighted by molar-refractivity contribution is -0.145. The highest BCUT2D eigenvalue weighted by Crippen LogP contribution is 2.24. The van der Waals surface area contributed by atoms with Gasteiger partial charge in [-0.05, 0) is 96.8 Å². The molecule has 5 aliphatic heterocycles. The molecular formula is C78H106N14O10S2. The van der Waals surface area contributed by atoms with Crippen molar-refractivity contribution in [2.45, 2.75) is 48.2 Å². The smallest absolute Gasteiger partial charge is 0.320 e. The highest BCUT2D eigenvalue weighted by atomic mass is 32.2. The third kappa shape index (κ3) is 27.8. The second-order valence-corrected chi connectivity index (χ2v) is 29.8. The van der Waals surface area contributed by atoms with Crippen LogP contribution in [-0.4, -0.2) is 240 Å². The number of carbonyl (C=O) groups excluding carboxylic acids is 4. The Morgan fingerprint density at radius 2 is 0.606 bits per heavy atom. The largest absolute Gasteiger partial charge is 0.465 e. The zero-order valence-corrected chi connectivity index (χ0v) is 62.0. The van der Waals surface area contributed by atoms with E-state index in [4.69, 9.17) is 21.2 Å². The number of nitrogens with two attached hydrogens (primary N) is 2. The number of carbonyl (C=O) groups is 4. The Labute approximate surface area is 615 Å². The van der Waals surface area contributed by atoms with Crippen molar-refractivity contribution in [3.05, 3.63) is 222 Å². The van der Waals surface area contributed by atoms with E-state index >= 15 is 0 Å². The number of sulfone groups is 2. The van der Waals surface area contributed by atoms with E-state index in [9.17, 15) is 36.0 Å². The predicted octanol–water partition coefficient (Wildman–Crippen LogP) is 5.38. The van der Waals surface area contributed by atoms with Gasteiger partial charge < -0.3 is 29.5 Å². The molecule has 5 heterocycles. The van der Waals surface area contributed by atoms with Crippen LogP contribution in [0.3, 0.4) is 0 Å². The number of benzene rings is 7. The number of hydrogen-bond acceptors (Lipinski definition) is 22. The van der Waals surface area contributed by atoms with E-state index in [0.29, 0.717) is 62.3 Å². The van der Waals surface area contributed by atoms with Crippen LogP contribution >= 0.6 is 0 Å². The average molecular weight is 1460 g/mol. The zero-order chi connectivity index (χ0) is 73.8. The normalized spacial score (nSPS) is 16.4. The molecule has 0 aliphatic carbocycles. The summed E-state index contributed by atoms with van der Waals surface area (Å²) in [6.07, 6.45) is 0. The van der Waals surface area contributed by atoms with Crippen LogP contribution in [0.1, 0.15) is 36.1 Å². The van der Waals surface area contributed by atoms with Crippen molar-refractivity contribution in [2.75, 3.05) is 185 Å². The monoisotopic (exact) mass is 1460 g/mol. The number of ether oxygens (including phenoxy) is 2. The number of nitrogens with zero attached hydrogens (tertiary/aromatic N) is 9. The molecule has 5 aliphatic rings. The van der Waals surface area contributed by atoms with E-state index in [1.54, 1.807) is 48.5 Å². The summed E-state index contributed by atoms with van der Waals surface area (Å²) < 4.78 is 61.0. The Bertz CT molecular complexity index is 3880. The molecule has 104 heavy (non-hydrogen) atoms. The van der Waals surface area contributed by atoms with E-state index in [2.05, 4.69) is 127 Å². The van der Waals surface area contributed by atoms with Crippen molar-refractivity contribution in [1.29, 1.82) is 0 Å². The van der Waals surface area contributed by atoms with Gasteiger partial charge in [0.05, 0.1) is 60.7 Å². The molecule has 0 atom stereocenters. The first-order valence-corrected chi connectivity index (χ1v) is 39.3. The van der Waals surface area contributed by atoms with E-state index < -0.39 is 19.7 Å². The molecule has 0 unspecified atom stereocenters. The van der Waals surface area contributed by atoms with E-state index in [1.165, 1.54) is 17.1 Å². The van der Waals surface area contributed by atoms with Gasteiger partial charge in [0.25, 0.3) is 0 Å². The summed E-state index contributed by atoms with van der Waals surface area (Å²) in [6, 6.07) is 63.9. The third-order valence-electron chi connectivity index (χ3n) is 18.4. The molecule has 26 heteroatoms. The van der Waals surface area contributed by atoms with Gasteiger partial charge in [-0.15, -0.1) is 0 Å². The maximum Gasteiger partial charge on any atom is 0.320 e. The number of anilines is 3. The van der Waals surface area contributed by atoms with Crippen LogP contribution in [0, 0.1) is 0 Å². The second kappa shape index (κ2) is 43.6. The number of nitrogens with one attached hydrogen (secondary N) is 3. The minimum atomic E-state index is -3.38. The molecule has 0 spiro atoms. The summed E-state index contributed by atoms with van der Waals surface area (Å²) in [7, 11) is -6.77. The second-order valence-electron chi connectivity index (χ2n) is 25.8. The predicted molar refractivity (Wildman–Crippen MR) is 411 cm³/mol. The molecular weight excluding hydrogens is 1360 g/mol. The molecule has 0 bridgehead atoms. The molecule has 0 aromatic heterocycles. The van der Waals surface area contributed by atoms with Gasteiger partial charge in [0.1, 0.15) is 0 Å². The molecule has 5 saturated heterocycles. The number of piperazine rings is 5. The van der Waals surface area contributed by atoms with Crippen LogP contribution in [0.25, 0.3) is 0 Å². The van der Waals surface area contributed by atoms with Crippen molar-refractivity contribution in [1.82, 2.24) is 45.6 Å². The first kappa shape index (κ1) is 81.0. The standard InChI is InChI=1S/C22H28N2O4S.C20H26N4O3S.C14H20N2O2.C12H18N4O.C10H14N2/c1-2-28-22(25)17-24-14-12-23(13-15-24)16-19-8-6-7-9-20(19)18-29(26,27)21-10-4-3-5-11-21;21-22-20(25)15-24-12-10-23(11-13-24)14-17-6-4-5-7-18(17)16-28(26,27)19-8-2-1-3-9-19;1-2-18-14(17)12-15-8-10-16(11-9-15)13-6-4-3-5-7-13;13-14-12(17)10-15-6-8-16(9-7-15)11-4-2-1-3-5-11;1-2-4-10(5-3-1)12-8-6-11-7-9-12/h3-11H,2,12-18H2,1H3;1-9H,10-16,21H2,(H,22,25);3-7H,2,8-12H2,1H3;1-5H,6-10,13H2,(H,14,17);1-5,11H,6-9H2. The Hall–Kier alpha value is -8.64. The van der Waals surface area contributed by atoms with Crippen molar-refractivity contribution < 1.29 is 45.5 Å². The van der Waals surface area contributed by atoms with Gasteiger partial charge in [0.15, 0.2) is 19.7 Å². The summed E-state index contributed by atoms with van der Waals surface area (Å²) in [5.74, 6) is 9.58.